The van der Waals surface area contributed by atoms with E-state index < -0.39 is 17.2 Å². The van der Waals surface area contributed by atoms with E-state index in [0.717, 1.165) is 25.5 Å². The number of alkyl halides is 3. The predicted molar refractivity (Wildman–Crippen MR) is 65.5 cm³/mol. The molecule has 0 aromatic rings. The van der Waals surface area contributed by atoms with Crippen LogP contribution in [-0.2, 0) is 4.79 Å². The van der Waals surface area contributed by atoms with Gasteiger partial charge in [0.25, 0.3) is 0 Å². The molecule has 1 amide bonds. The number of nitrogens with one attached hydrogen (secondary N) is 1. The normalized spacial score (nSPS) is 28.4. The molecule has 2 aliphatic heterocycles. The van der Waals surface area contributed by atoms with Crippen molar-refractivity contribution in [2.45, 2.75) is 32.4 Å². The molecule has 0 spiro atoms. The molecular weight excluding hydrogens is 257 g/mol. The largest absolute Gasteiger partial charge is 0.412 e. The van der Waals surface area contributed by atoms with Crippen molar-refractivity contribution in [1.29, 1.82) is 0 Å². The lowest BCUT2D eigenvalue weighted by Gasteiger charge is -2.35. The fourth-order valence-corrected chi connectivity index (χ4v) is 2.83. The topological polar surface area (TPSA) is 32.3 Å². The molecule has 0 aromatic heterocycles. The third kappa shape index (κ3) is 2.78. The maximum atomic E-state index is 12.5. The summed E-state index contributed by atoms with van der Waals surface area (Å²) in [6.07, 6.45) is -1.71. The van der Waals surface area contributed by atoms with Gasteiger partial charge in [0.15, 0.2) is 0 Å². The van der Waals surface area contributed by atoms with Crippen molar-refractivity contribution in [3.05, 3.63) is 11.6 Å². The highest BCUT2D eigenvalue weighted by Crippen LogP contribution is 2.34. The van der Waals surface area contributed by atoms with Crippen LogP contribution in [0.5, 0.6) is 0 Å². The maximum absolute atomic E-state index is 12.5. The lowest BCUT2D eigenvalue weighted by molar-refractivity contribution is -0.142. The molecule has 3 nitrogen and oxygen atoms in total. The number of nitrogens with zero attached hydrogens (tertiary/aromatic N) is 1. The monoisotopic (exact) mass is 276 g/mol. The first kappa shape index (κ1) is 14.4. The molecule has 6 heteroatoms. The Bertz CT molecular complexity index is 384. The number of hydrogen-bond donors (Lipinski definition) is 1. The van der Waals surface area contributed by atoms with Gasteiger partial charge in [0.05, 0.1) is 5.41 Å². The lowest BCUT2D eigenvalue weighted by atomic mass is 9.82. The fraction of sp³-hybridized carbons (Fsp3) is 0.769. The van der Waals surface area contributed by atoms with Crippen molar-refractivity contribution in [1.82, 2.24) is 10.2 Å². The molecule has 1 atom stereocenters. The summed E-state index contributed by atoms with van der Waals surface area (Å²) in [5, 5.41) is 3.17. The van der Waals surface area contributed by atoms with Crippen molar-refractivity contribution >= 4 is 5.91 Å². The quantitative estimate of drug-likeness (QED) is 0.783. The van der Waals surface area contributed by atoms with Crippen LogP contribution in [0.1, 0.15) is 26.2 Å². The first-order valence-electron chi connectivity index (χ1n) is 6.65. The highest BCUT2D eigenvalue weighted by atomic mass is 19.4. The molecule has 1 fully saturated rings. The number of halogens is 3. The van der Waals surface area contributed by atoms with E-state index >= 15 is 0 Å². The van der Waals surface area contributed by atoms with E-state index in [0.29, 0.717) is 6.54 Å². The van der Waals surface area contributed by atoms with E-state index in [9.17, 15) is 18.0 Å². The van der Waals surface area contributed by atoms with Gasteiger partial charge < -0.3 is 10.2 Å². The molecule has 1 saturated heterocycles. The minimum atomic E-state index is -4.26. The van der Waals surface area contributed by atoms with Gasteiger partial charge in [-0.05, 0) is 25.8 Å². The van der Waals surface area contributed by atoms with Crippen molar-refractivity contribution in [2.24, 2.45) is 5.41 Å². The molecule has 19 heavy (non-hydrogen) atoms. The van der Waals surface area contributed by atoms with Gasteiger partial charge in [-0.25, -0.2) is 0 Å². The Kier molecular flexibility index (Phi) is 3.90. The Morgan fingerprint density at radius 2 is 2.26 bits per heavy atom. The Labute approximate surface area is 110 Å². The van der Waals surface area contributed by atoms with Gasteiger partial charge in [-0.3, -0.25) is 4.79 Å². The van der Waals surface area contributed by atoms with E-state index in [1.54, 1.807) is 4.90 Å². The molecule has 0 aliphatic carbocycles. The van der Waals surface area contributed by atoms with Gasteiger partial charge in [-0.15, -0.1) is 0 Å². The summed E-state index contributed by atoms with van der Waals surface area (Å²) >= 11 is 0. The second-order valence-corrected chi connectivity index (χ2v) is 5.29. The summed E-state index contributed by atoms with van der Waals surface area (Å²) in [5.41, 5.74) is -0.921. The highest BCUT2D eigenvalue weighted by molar-refractivity contribution is 5.83. The van der Waals surface area contributed by atoms with Crippen LogP contribution in [0.25, 0.3) is 0 Å². The Hall–Kier alpha value is -1.04. The van der Waals surface area contributed by atoms with Gasteiger partial charge in [0.2, 0.25) is 5.91 Å². The van der Waals surface area contributed by atoms with Crippen LogP contribution in [0.4, 0.5) is 13.2 Å². The zero-order valence-corrected chi connectivity index (χ0v) is 11.0. The highest BCUT2D eigenvalue weighted by Gasteiger charge is 2.43. The Morgan fingerprint density at radius 1 is 1.53 bits per heavy atom. The van der Waals surface area contributed by atoms with Crippen LogP contribution >= 0.6 is 0 Å². The van der Waals surface area contributed by atoms with Crippen LogP contribution < -0.4 is 5.32 Å². The summed E-state index contributed by atoms with van der Waals surface area (Å²) in [7, 11) is 0. The molecule has 0 radical (unpaired) electrons. The van der Waals surface area contributed by atoms with E-state index in [-0.39, 0.29) is 25.4 Å². The van der Waals surface area contributed by atoms with Gasteiger partial charge in [0, 0.05) is 25.2 Å². The fourth-order valence-electron chi connectivity index (χ4n) is 2.83. The third-order valence-corrected chi connectivity index (χ3v) is 4.23. The average molecular weight is 276 g/mol. The Balaban J connectivity index is 2.05. The zero-order chi connectivity index (χ0) is 14.1. The van der Waals surface area contributed by atoms with Crippen LogP contribution in [-0.4, -0.2) is 43.2 Å². The molecule has 2 aliphatic rings. The van der Waals surface area contributed by atoms with E-state index in [1.165, 1.54) is 0 Å². The average Bonchev–Trinajstić information content (AvgIpc) is 2.87. The predicted octanol–water partition coefficient (Wildman–Crippen LogP) is 2.10. The smallest absolute Gasteiger partial charge is 0.338 e. The van der Waals surface area contributed by atoms with Crippen molar-refractivity contribution < 1.29 is 18.0 Å². The number of carbonyl (C=O) groups excluding carboxylic acids is 1. The number of hydrogen-bond acceptors (Lipinski definition) is 2. The molecule has 0 aromatic carbocycles. The summed E-state index contributed by atoms with van der Waals surface area (Å²) in [4.78, 5) is 14.0. The van der Waals surface area contributed by atoms with Gasteiger partial charge in [-0.2, -0.15) is 13.2 Å². The summed E-state index contributed by atoms with van der Waals surface area (Å²) in [5.74, 6) is -0.00234. The SMILES string of the molecule is CCC1(C(=O)N2CC=C(C(F)(F)F)CC2)CCNC1. The van der Waals surface area contributed by atoms with Crippen molar-refractivity contribution in [2.75, 3.05) is 26.2 Å². The molecule has 1 unspecified atom stereocenters. The molecule has 1 N–H and O–H groups in total. The second kappa shape index (κ2) is 5.15. The second-order valence-electron chi connectivity index (χ2n) is 5.29. The van der Waals surface area contributed by atoms with Crippen molar-refractivity contribution in [3.63, 3.8) is 0 Å². The van der Waals surface area contributed by atoms with E-state index in [2.05, 4.69) is 5.32 Å². The minimum absolute atomic E-state index is 0.00234. The number of carbonyl (C=O) groups is 1. The van der Waals surface area contributed by atoms with Gasteiger partial charge in [-0.1, -0.05) is 13.0 Å². The lowest BCUT2D eigenvalue weighted by Crippen LogP contribution is -2.47. The van der Waals surface area contributed by atoms with E-state index in [4.69, 9.17) is 0 Å². The maximum Gasteiger partial charge on any atom is 0.412 e. The van der Waals surface area contributed by atoms with Crippen LogP contribution in [0, 0.1) is 5.41 Å². The van der Waals surface area contributed by atoms with Crippen molar-refractivity contribution in [3.8, 4) is 0 Å². The van der Waals surface area contributed by atoms with Crippen LogP contribution in [0.2, 0.25) is 0 Å². The first-order valence-corrected chi connectivity index (χ1v) is 6.65. The summed E-state index contributed by atoms with van der Waals surface area (Å²) in [6, 6.07) is 0. The Morgan fingerprint density at radius 3 is 2.68 bits per heavy atom. The first-order chi connectivity index (χ1) is 8.89. The standard InChI is InChI=1S/C13H19F3N2O/c1-2-12(5-6-17-9-12)11(19)18-7-3-10(4-8-18)13(14,15)16/h3,17H,2,4-9H2,1H3. The molecular formula is C13H19F3N2O. The number of amides is 1. The van der Waals surface area contributed by atoms with Crippen LogP contribution in [0.3, 0.4) is 0 Å². The molecule has 2 rings (SSSR count). The summed E-state index contributed by atoms with van der Waals surface area (Å²) < 4.78 is 37.6. The summed E-state index contributed by atoms with van der Waals surface area (Å²) in [6.45, 7) is 3.65. The van der Waals surface area contributed by atoms with E-state index in [1.807, 2.05) is 6.92 Å². The van der Waals surface area contributed by atoms with Crippen LogP contribution in [0.15, 0.2) is 11.6 Å². The minimum Gasteiger partial charge on any atom is -0.338 e. The third-order valence-electron chi connectivity index (χ3n) is 4.23. The number of rotatable bonds is 2. The molecule has 2 heterocycles. The van der Waals surface area contributed by atoms with Gasteiger partial charge in [0.1, 0.15) is 0 Å². The molecule has 0 bridgehead atoms. The zero-order valence-electron chi connectivity index (χ0n) is 11.0. The molecule has 0 saturated carbocycles. The van der Waals surface area contributed by atoms with Gasteiger partial charge >= 0.3 is 6.18 Å². The molecule has 108 valence electrons.